The summed E-state index contributed by atoms with van der Waals surface area (Å²) in [6, 6.07) is 0.202. The molecule has 0 radical (unpaired) electrons. The lowest BCUT2D eigenvalue weighted by molar-refractivity contribution is -0.126. The second-order valence-corrected chi connectivity index (χ2v) is 4.72. The highest BCUT2D eigenvalue weighted by Gasteiger charge is 2.24. The topological polar surface area (TPSA) is 72.9 Å². The minimum absolute atomic E-state index is 0.113. The molecule has 2 rings (SSSR count). The summed E-state index contributed by atoms with van der Waals surface area (Å²) >= 11 is 0. The Labute approximate surface area is 101 Å². The summed E-state index contributed by atoms with van der Waals surface area (Å²) < 4.78 is 1.95. The van der Waals surface area contributed by atoms with Crippen LogP contribution in [0, 0.1) is 5.92 Å². The van der Waals surface area contributed by atoms with Crippen molar-refractivity contribution in [1.82, 2.24) is 14.9 Å². The summed E-state index contributed by atoms with van der Waals surface area (Å²) in [4.78, 5) is 15.8. The van der Waals surface area contributed by atoms with Crippen molar-refractivity contribution in [3.05, 3.63) is 18.7 Å². The van der Waals surface area contributed by atoms with Gasteiger partial charge in [0, 0.05) is 37.4 Å². The van der Waals surface area contributed by atoms with Gasteiger partial charge in [-0.2, -0.15) is 0 Å². The molecule has 1 amide bonds. The Morgan fingerprint density at radius 3 is 3.12 bits per heavy atom. The lowest BCUT2D eigenvalue weighted by atomic mass is 9.85. The van der Waals surface area contributed by atoms with Gasteiger partial charge in [-0.25, -0.2) is 4.98 Å². The van der Waals surface area contributed by atoms with Gasteiger partial charge in [-0.1, -0.05) is 6.42 Å². The fourth-order valence-corrected chi connectivity index (χ4v) is 2.34. The molecule has 0 saturated heterocycles. The number of carbonyl (C=O) groups excluding carboxylic acids is 1. The van der Waals surface area contributed by atoms with E-state index < -0.39 is 0 Å². The molecule has 5 nitrogen and oxygen atoms in total. The summed E-state index contributed by atoms with van der Waals surface area (Å²) in [6.45, 7) is 1.42. The first-order valence-electron chi connectivity index (χ1n) is 6.25. The fourth-order valence-electron chi connectivity index (χ4n) is 2.34. The van der Waals surface area contributed by atoms with Gasteiger partial charge in [0.2, 0.25) is 5.91 Å². The number of imidazole rings is 1. The Bertz CT molecular complexity index is 349. The maximum Gasteiger partial charge on any atom is 0.223 e. The van der Waals surface area contributed by atoms with Crippen molar-refractivity contribution in [2.75, 3.05) is 6.54 Å². The molecule has 2 unspecified atom stereocenters. The summed E-state index contributed by atoms with van der Waals surface area (Å²) in [5.41, 5.74) is 5.88. The molecular formula is C12H20N4O. The number of hydrogen-bond donors (Lipinski definition) is 2. The van der Waals surface area contributed by atoms with Crippen molar-refractivity contribution in [2.24, 2.45) is 11.7 Å². The Hall–Kier alpha value is -1.36. The van der Waals surface area contributed by atoms with Crippen LogP contribution < -0.4 is 11.1 Å². The highest BCUT2D eigenvalue weighted by Crippen LogP contribution is 2.22. The predicted molar refractivity (Wildman–Crippen MR) is 65.2 cm³/mol. The van der Waals surface area contributed by atoms with E-state index in [1.807, 2.05) is 10.8 Å². The summed E-state index contributed by atoms with van der Waals surface area (Å²) in [7, 11) is 0. The number of carbonyl (C=O) groups is 1. The van der Waals surface area contributed by atoms with Gasteiger partial charge >= 0.3 is 0 Å². The third kappa shape index (κ3) is 3.56. The maximum atomic E-state index is 11.9. The first-order chi connectivity index (χ1) is 8.25. The van der Waals surface area contributed by atoms with Crippen LogP contribution in [-0.2, 0) is 11.3 Å². The molecule has 0 bridgehead atoms. The van der Waals surface area contributed by atoms with Gasteiger partial charge in [-0.05, 0) is 19.3 Å². The smallest absolute Gasteiger partial charge is 0.223 e. The molecule has 0 aromatic carbocycles. The highest BCUT2D eigenvalue weighted by molar-refractivity contribution is 5.78. The van der Waals surface area contributed by atoms with Gasteiger partial charge in [0.1, 0.15) is 0 Å². The number of nitrogens with two attached hydrogens (primary N) is 1. The molecule has 17 heavy (non-hydrogen) atoms. The minimum Gasteiger partial charge on any atom is -0.354 e. The Kier molecular flexibility index (Phi) is 4.14. The molecule has 94 valence electrons. The van der Waals surface area contributed by atoms with Crippen molar-refractivity contribution in [1.29, 1.82) is 0 Å². The molecule has 0 aliphatic heterocycles. The predicted octanol–water partition coefficient (Wildman–Crippen LogP) is 0.517. The zero-order valence-electron chi connectivity index (χ0n) is 10.0. The molecule has 1 aliphatic rings. The average Bonchev–Trinajstić information content (AvgIpc) is 2.82. The van der Waals surface area contributed by atoms with E-state index in [1.165, 1.54) is 0 Å². The third-order valence-electron chi connectivity index (χ3n) is 3.31. The summed E-state index contributed by atoms with van der Waals surface area (Å²) in [5, 5.41) is 2.97. The zero-order valence-corrected chi connectivity index (χ0v) is 10.0. The SMILES string of the molecule is NC1CCCC(C(=O)NCCn2ccnc2)C1. The van der Waals surface area contributed by atoms with Crippen LogP contribution in [0.2, 0.25) is 0 Å². The van der Waals surface area contributed by atoms with Crippen molar-refractivity contribution >= 4 is 5.91 Å². The molecule has 1 fully saturated rings. The molecule has 2 atom stereocenters. The van der Waals surface area contributed by atoms with E-state index in [-0.39, 0.29) is 17.9 Å². The normalized spacial score (nSPS) is 24.5. The quantitative estimate of drug-likeness (QED) is 0.800. The molecule has 1 saturated carbocycles. The van der Waals surface area contributed by atoms with E-state index >= 15 is 0 Å². The number of amides is 1. The van der Waals surface area contributed by atoms with Gasteiger partial charge in [-0.3, -0.25) is 4.79 Å². The number of hydrogen-bond acceptors (Lipinski definition) is 3. The largest absolute Gasteiger partial charge is 0.354 e. The number of rotatable bonds is 4. The van der Waals surface area contributed by atoms with Crippen LogP contribution in [0.15, 0.2) is 18.7 Å². The van der Waals surface area contributed by atoms with Crippen LogP contribution in [0.4, 0.5) is 0 Å². The van der Waals surface area contributed by atoms with Crippen LogP contribution in [0.5, 0.6) is 0 Å². The van der Waals surface area contributed by atoms with Crippen LogP contribution in [0.25, 0.3) is 0 Å². The third-order valence-corrected chi connectivity index (χ3v) is 3.31. The zero-order chi connectivity index (χ0) is 12.1. The van der Waals surface area contributed by atoms with Gasteiger partial charge in [-0.15, -0.1) is 0 Å². The first-order valence-corrected chi connectivity index (χ1v) is 6.25. The number of aromatic nitrogens is 2. The van der Waals surface area contributed by atoms with E-state index in [0.29, 0.717) is 6.54 Å². The molecule has 5 heteroatoms. The molecule has 3 N–H and O–H groups in total. The van der Waals surface area contributed by atoms with E-state index in [4.69, 9.17) is 5.73 Å². The molecule has 1 heterocycles. The van der Waals surface area contributed by atoms with Crippen LogP contribution in [0.1, 0.15) is 25.7 Å². The Balaban J connectivity index is 1.70. The van der Waals surface area contributed by atoms with E-state index in [0.717, 1.165) is 32.2 Å². The molecule has 1 aromatic heterocycles. The van der Waals surface area contributed by atoms with Gasteiger partial charge in [0.05, 0.1) is 6.33 Å². The van der Waals surface area contributed by atoms with Gasteiger partial charge in [0.25, 0.3) is 0 Å². The average molecular weight is 236 g/mol. The van der Waals surface area contributed by atoms with Crippen molar-refractivity contribution in [3.8, 4) is 0 Å². The molecule has 0 spiro atoms. The van der Waals surface area contributed by atoms with Crippen LogP contribution >= 0.6 is 0 Å². The van der Waals surface area contributed by atoms with E-state index in [2.05, 4.69) is 10.3 Å². The minimum atomic E-state index is 0.113. The van der Waals surface area contributed by atoms with Crippen molar-refractivity contribution in [3.63, 3.8) is 0 Å². The number of nitrogens with one attached hydrogen (secondary N) is 1. The molecular weight excluding hydrogens is 216 g/mol. The summed E-state index contributed by atoms with van der Waals surface area (Å²) in [5.74, 6) is 0.266. The van der Waals surface area contributed by atoms with E-state index in [9.17, 15) is 4.79 Å². The molecule has 1 aromatic rings. The maximum absolute atomic E-state index is 11.9. The second kappa shape index (κ2) is 5.82. The van der Waals surface area contributed by atoms with Crippen molar-refractivity contribution < 1.29 is 4.79 Å². The lowest BCUT2D eigenvalue weighted by Crippen LogP contribution is -2.38. The lowest BCUT2D eigenvalue weighted by Gasteiger charge is -2.25. The summed E-state index contributed by atoms with van der Waals surface area (Å²) in [6.07, 6.45) is 9.31. The van der Waals surface area contributed by atoms with Crippen molar-refractivity contribution in [2.45, 2.75) is 38.3 Å². The van der Waals surface area contributed by atoms with Crippen LogP contribution in [0.3, 0.4) is 0 Å². The monoisotopic (exact) mass is 236 g/mol. The molecule has 1 aliphatic carbocycles. The van der Waals surface area contributed by atoms with Gasteiger partial charge in [0.15, 0.2) is 0 Å². The van der Waals surface area contributed by atoms with Gasteiger partial charge < -0.3 is 15.6 Å². The standard InChI is InChI=1S/C12H20N4O/c13-11-3-1-2-10(8-11)12(17)15-5-7-16-6-4-14-9-16/h4,6,9-11H,1-3,5,7-8,13H2,(H,15,17). The first kappa shape index (κ1) is 12.1. The number of nitrogens with zero attached hydrogens (tertiary/aromatic N) is 2. The van der Waals surface area contributed by atoms with Crippen LogP contribution in [-0.4, -0.2) is 28.0 Å². The fraction of sp³-hybridized carbons (Fsp3) is 0.667. The van der Waals surface area contributed by atoms with E-state index in [1.54, 1.807) is 12.5 Å². The highest BCUT2D eigenvalue weighted by atomic mass is 16.1. The Morgan fingerprint density at radius 1 is 1.53 bits per heavy atom. The Morgan fingerprint density at radius 2 is 2.41 bits per heavy atom. The second-order valence-electron chi connectivity index (χ2n) is 4.72.